The van der Waals surface area contributed by atoms with Crippen molar-refractivity contribution in [1.82, 2.24) is 0 Å². The third kappa shape index (κ3) is 9.76. The van der Waals surface area contributed by atoms with Crippen LogP contribution in [0.1, 0.15) is 66.7 Å². The van der Waals surface area contributed by atoms with E-state index in [1.807, 2.05) is 13.8 Å². The molecule has 0 bridgehead atoms. The molecule has 0 N–H and O–H groups in total. The van der Waals surface area contributed by atoms with Crippen LogP contribution in [-0.4, -0.2) is 6.29 Å². The minimum atomic E-state index is 0.750. The molecule has 0 aromatic rings. The van der Waals surface area contributed by atoms with Crippen LogP contribution < -0.4 is 0 Å². The topological polar surface area (TPSA) is 17.1 Å². The Balaban J connectivity index is 0. The van der Waals surface area contributed by atoms with Crippen molar-refractivity contribution in [3.05, 3.63) is 0 Å². The zero-order valence-corrected chi connectivity index (χ0v) is 10.7. The van der Waals surface area contributed by atoms with Gasteiger partial charge in [-0.05, 0) is 38.0 Å². The maximum Gasteiger partial charge on any atom is 0.116 e. The third-order valence-corrected chi connectivity index (χ3v) is 2.48. The summed E-state index contributed by atoms with van der Waals surface area (Å²) in [5, 5.41) is 0. The monoisotopic (exact) mass is 200 g/mol. The average molecular weight is 200 g/mol. The van der Waals surface area contributed by atoms with E-state index in [1.165, 1.54) is 31.6 Å². The highest BCUT2D eigenvalue weighted by molar-refractivity contribution is 5.44. The van der Waals surface area contributed by atoms with Gasteiger partial charge >= 0.3 is 0 Å². The fourth-order valence-corrected chi connectivity index (χ4v) is 1.18. The summed E-state index contributed by atoms with van der Waals surface area (Å²) in [5.74, 6) is 2.46. The van der Waals surface area contributed by atoms with E-state index in [1.54, 1.807) is 19.3 Å². The third-order valence-electron chi connectivity index (χ3n) is 2.48. The van der Waals surface area contributed by atoms with E-state index in [-0.39, 0.29) is 0 Å². The number of carbonyl (C=O) groups is 1. The van der Waals surface area contributed by atoms with Crippen LogP contribution in [0.4, 0.5) is 0 Å². The maximum absolute atomic E-state index is 8.81. The van der Waals surface area contributed by atoms with Gasteiger partial charge in [0.1, 0.15) is 6.29 Å². The quantitative estimate of drug-likeness (QED) is 0.571. The average Bonchev–Trinajstić information content (AvgIpc) is 2.78. The number of hydrogen-bond acceptors (Lipinski definition) is 1. The molecule has 86 valence electrons. The molecule has 0 saturated heterocycles. The van der Waals surface area contributed by atoms with E-state index in [9.17, 15) is 0 Å². The Morgan fingerprint density at radius 3 is 1.36 bits per heavy atom. The van der Waals surface area contributed by atoms with Crippen molar-refractivity contribution in [2.24, 2.45) is 11.8 Å². The van der Waals surface area contributed by atoms with Crippen LogP contribution in [-0.2, 0) is 4.79 Å². The van der Waals surface area contributed by atoms with Crippen molar-refractivity contribution in [3.8, 4) is 0 Å². The van der Waals surface area contributed by atoms with E-state index in [2.05, 4.69) is 13.8 Å². The van der Waals surface area contributed by atoms with Crippen molar-refractivity contribution in [2.75, 3.05) is 0 Å². The Bertz CT molecular complexity index is 95.8. The van der Waals surface area contributed by atoms with E-state index in [0.29, 0.717) is 0 Å². The standard InChI is InChI=1S/C5H8.C4H10.C2H4O.C2H6/c1-2-5-3-4(1)5;1-3-4-2;1-2-3;1-2/h4-5H,1-3H2;3-4H2,1-2H3;2H,1H3;1-2H3. The van der Waals surface area contributed by atoms with Gasteiger partial charge in [-0.2, -0.15) is 0 Å². The first-order chi connectivity index (χ1) is 6.79. The van der Waals surface area contributed by atoms with Crippen LogP contribution in [0.15, 0.2) is 0 Å². The largest absolute Gasteiger partial charge is 0.304 e. The van der Waals surface area contributed by atoms with Crippen molar-refractivity contribution in [2.45, 2.75) is 66.7 Å². The second-order valence-corrected chi connectivity index (χ2v) is 3.57. The second kappa shape index (κ2) is 12.7. The molecule has 0 amide bonds. The summed E-state index contributed by atoms with van der Waals surface area (Å²) in [5.41, 5.74) is 0. The van der Waals surface area contributed by atoms with E-state index >= 15 is 0 Å². The first-order valence-corrected chi connectivity index (χ1v) is 6.19. The molecule has 2 unspecified atom stereocenters. The van der Waals surface area contributed by atoms with Crippen molar-refractivity contribution < 1.29 is 4.79 Å². The zero-order chi connectivity index (χ0) is 11.4. The molecule has 0 spiro atoms. The Morgan fingerprint density at radius 1 is 1.07 bits per heavy atom. The Morgan fingerprint density at radius 2 is 1.36 bits per heavy atom. The van der Waals surface area contributed by atoms with Crippen LogP contribution in [0.2, 0.25) is 0 Å². The molecule has 2 saturated carbocycles. The summed E-state index contributed by atoms with van der Waals surface area (Å²) in [7, 11) is 0. The predicted octanol–water partition coefficient (Wildman–Crippen LogP) is 4.45. The molecule has 2 rings (SSSR count). The zero-order valence-electron chi connectivity index (χ0n) is 10.7. The van der Waals surface area contributed by atoms with Gasteiger partial charge in [0.15, 0.2) is 0 Å². The molecule has 0 radical (unpaired) electrons. The molecule has 1 heteroatoms. The van der Waals surface area contributed by atoms with Gasteiger partial charge in [-0.3, -0.25) is 0 Å². The van der Waals surface area contributed by atoms with Crippen LogP contribution in [0.3, 0.4) is 0 Å². The van der Waals surface area contributed by atoms with Gasteiger partial charge in [0.2, 0.25) is 0 Å². The summed E-state index contributed by atoms with van der Waals surface area (Å²) < 4.78 is 0. The van der Waals surface area contributed by atoms with Crippen molar-refractivity contribution in [1.29, 1.82) is 0 Å². The molecule has 2 aliphatic rings. The van der Waals surface area contributed by atoms with Crippen LogP contribution in [0, 0.1) is 11.8 Å². The fourth-order valence-electron chi connectivity index (χ4n) is 1.18. The summed E-state index contributed by atoms with van der Waals surface area (Å²) in [6.45, 7) is 9.81. The molecule has 2 atom stereocenters. The predicted molar refractivity (Wildman–Crippen MR) is 64.5 cm³/mol. The maximum atomic E-state index is 8.81. The lowest BCUT2D eigenvalue weighted by Gasteiger charge is -2.04. The molecule has 2 fully saturated rings. The first kappa shape index (κ1) is 16.1. The van der Waals surface area contributed by atoms with E-state index in [0.717, 1.165) is 6.29 Å². The van der Waals surface area contributed by atoms with Gasteiger partial charge in [-0.15, -0.1) is 0 Å². The second-order valence-electron chi connectivity index (χ2n) is 3.57. The van der Waals surface area contributed by atoms with Gasteiger partial charge < -0.3 is 4.79 Å². The van der Waals surface area contributed by atoms with Gasteiger partial charge in [-0.1, -0.05) is 40.5 Å². The fraction of sp³-hybridized carbons (Fsp3) is 0.923. The van der Waals surface area contributed by atoms with E-state index in [4.69, 9.17) is 4.79 Å². The number of carbonyl (C=O) groups excluding carboxylic acids is 1. The normalized spacial score (nSPS) is 24.1. The van der Waals surface area contributed by atoms with Gasteiger partial charge in [0.25, 0.3) is 0 Å². The summed E-state index contributed by atoms with van der Waals surface area (Å²) >= 11 is 0. The Kier molecular flexibility index (Phi) is 14.6. The van der Waals surface area contributed by atoms with E-state index < -0.39 is 0 Å². The summed E-state index contributed by atoms with van der Waals surface area (Å²) in [6, 6.07) is 0. The van der Waals surface area contributed by atoms with Crippen LogP contribution in [0.5, 0.6) is 0 Å². The molecule has 0 heterocycles. The summed E-state index contributed by atoms with van der Waals surface area (Å²) in [4.78, 5) is 8.81. The first-order valence-electron chi connectivity index (χ1n) is 6.19. The van der Waals surface area contributed by atoms with Gasteiger partial charge in [0.05, 0.1) is 0 Å². The number of unbranched alkanes of at least 4 members (excludes halogenated alkanes) is 1. The van der Waals surface area contributed by atoms with Crippen molar-refractivity contribution >= 4 is 6.29 Å². The lowest BCUT2D eigenvalue weighted by Crippen LogP contribution is -1.93. The number of fused-ring (bicyclic) bond motifs is 1. The number of hydrogen-bond donors (Lipinski definition) is 0. The highest BCUT2D eigenvalue weighted by Gasteiger charge is 2.44. The Hall–Kier alpha value is -0.330. The number of aldehydes is 1. The summed E-state index contributed by atoms with van der Waals surface area (Å²) in [6.07, 6.45) is 8.09. The molecular weight excluding hydrogens is 172 g/mol. The SMILES string of the molecule is C1CC2CC12.CC.CC=O.CCCC. The number of rotatable bonds is 1. The van der Waals surface area contributed by atoms with Crippen LogP contribution in [0.25, 0.3) is 0 Å². The van der Waals surface area contributed by atoms with Crippen molar-refractivity contribution in [3.63, 3.8) is 0 Å². The minimum Gasteiger partial charge on any atom is -0.304 e. The Labute approximate surface area is 90.3 Å². The van der Waals surface area contributed by atoms with Gasteiger partial charge in [0, 0.05) is 0 Å². The lowest BCUT2D eigenvalue weighted by atomic mass is 10.0. The minimum absolute atomic E-state index is 0.750. The molecule has 14 heavy (non-hydrogen) atoms. The highest BCUT2D eigenvalue weighted by atomic mass is 16.1. The highest BCUT2D eigenvalue weighted by Crippen LogP contribution is 2.55. The molecular formula is C13H28O. The lowest BCUT2D eigenvalue weighted by molar-refractivity contribution is -0.106. The molecule has 0 aromatic heterocycles. The van der Waals surface area contributed by atoms with Gasteiger partial charge in [-0.25, -0.2) is 0 Å². The van der Waals surface area contributed by atoms with Crippen LogP contribution >= 0.6 is 0 Å². The molecule has 0 aromatic carbocycles. The molecule has 2 aliphatic carbocycles. The smallest absolute Gasteiger partial charge is 0.116 e. The molecule has 1 nitrogen and oxygen atoms in total. The molecule has 0 aliphatic heterocycles.